The van der Waals surface area contributed by atoms with Crippen molar-refractivity contribution in [2.45, 2.75) is 65.0 Å². The summed E-state index contributed by atoms with van der Waals surface area (Å²) in [6, 6.07) is 0.824. The van der Waals surface area contributed by atoms with Gasteiger partial charge in [0.2, 0.25) is 5.91 Å². The van der Waals surface area contributed by atoms with E-state index < -0.39 is 0 Å². The largest absolute Gasteiger partial charge is 0.354 e. The molecule has 0 aromatic carbocycles. The van der Waals surface area contributed by atoms with Gasteiger partial charge in [-0.2, -0.15) is 0 Å². The van der Waals surface area contributed by atoms with Crippen LogP contribution in [0.5, 0.6) is 0 Å². The van der Waals surface area contributed by atoms with Crippen LogP contribution >= 0.6 is 24.0 Å². The molecule has 130 valence electrons. The van der Waals surface area contributed by atoms with Crippen molar-refractivity contribution < 1.29 is 4.79 Å². The van der Waals surface area contributed by atoms with Gasteiger partial charge >= 0.3 is 0 Å². The van der Waals surface area contributed by atoms with Gasteiger partial charge in [0.05, 0.1) is 0 Å². The third-order valence-electron chi connectivity index (χ3n) is 4.14. The first kappa shape index (κ1) is 21.5. The number of nitrogens with zero attached hydrogens (tertiary/aromatic N) is 2. The molecule has 0 aliphatic heterocycles. The molecule has 0 saturated heterocycles. The second-order valence-electron chi connectivity index (χ2n) is 6.52. The van der Waals surface area contributed by atoms with E-state index in [-0.39, 0.29) is 36.4 Å². The molecular formula is C16H33IN4O. The summed E-state index contributed by atoms with van der Waals surface area (Å²) in [6.07, 6.45) is 5.99. The highest BCUT2D eigenvalue weighted by Crippen LogP contribution is 2.23. The topological polar surface area (TPSA) is 56.7 Å². The molecule has 0 aromatic heterocycles. The van der Waals surface area contributed by atoms with Crippen LogP contribution in [0.1, 0.15) is 52.9 Å². The number of carbonyl (C=O) groups is 1. The van der Waals surface area contributed by atoms with E-state index in [9.17, 15) is 4.79 Å². The van der Waals surface area contributed by atoms with Crippen LogP contribution in [0, 0.1) is 5.92 Å². The van der Waals surface area contributed by atoms with E-state index in [0.717, 1.165) is 18.3 Å². The van der Waals surface area contributed by atoms with E-state index in [1.54, 1.807) is 19.0 Å². The standard InChI is InChI=1S/C16H32N4O.HI/c1-6-13(3)18-16(17-11-15(21)20(4)5)19-14-9-7-8-12(2)10-14;/h12-14H,6-11H2,1-5H3,(H2,17,18,19);1H. The molecule has 1 rings (SSSR count). The Balaban J connectivity index is 0.00000441. The maximum absolute atomic E-state index is 11.7. The molecule has 6 heteroatoms. The molecule has 22 heavy (non-hydrogen) atoms. The number of halogens is 1. The lowest BCUT2D eigenvalue weighted by Gasteiger charge is -2.29. The maximum Gasteiger partial charge on any atom is 0.243 e. The summed E-state index contributed by atoms with van der Waals surface area (Å²) in [4.78, 5) is 17.7. The lowest BCUT2D eigenvalue weighted by atomic mass is 9.87. The lowest BCUT2D eigenvalue weighted by Crippen LogP contribution is -2.48. The van der Waals surface area contributed by atoms with Crippen LogP contribution in [0.4, 0.5) is 0 Å². The Labute approximate surface area is 152 Å². The van der Waals surface area contributed by atoms with Gasteiger partial charge in [-0.25, -0.2) is 4.99 Å². The van der Waals surface area contributed by atoms with Gasteiger partial charge in [0.15, 0.2) is 5.96 Å². The summed E-state index contributed by atoms with van der Waals surface area (Å²) >= 11 is 0. The molecule has 1 fully saturated rings. The smallest absolute Gasteiger partial charge is 0.243 e. The molecule has 1 saturated carbocycles. The number of nitrogens with one attached hydrogen (secondary N) is 2. The fourth-order valence-corrected chi connectivity index (χ4v) is 2.52. The summed E-state index contributed by atoms with van der Waals surface area (Å²) < 4.78 is 0. The van der Waals surface area contributed by atoms with Gasteiger partial charge in [0, 0.05) is 26.2 Å². The number of hydrogen-bond donors (Lipinski definition) is 2. The lowest BCUT2D eigenvalue weighted by molar-refractivity contribution is -0.127. The Morgan fingerprint density at radius 1 is 1.36 bits per heavy atom. The fourth-order valence-electron chi connectivity index (χ4n) is 2.52. The number of amides is 1. The van der Waals surface area contributed by atoms with Crippen LogP contribution in [0.2, 0.25) is 0 Å². The molecule has 5 nitrogen and oxygen atoms in total. The van der Waals surface area contributed by atoms with Crippen molar-refractivity contribution in [1.29, 1.82) is 0 Å². The van der Waals surface area contributed by atoms with Crippen LogP contribution in [0.25, 0.3) is 0 Å². The first-order valence-electron chi connectivity index (χ1n) is 8.20. The van der Waals surface area contributed by atoms with Crippen molar-refractivity contribution in [2.24, 2.45) is 10.9 Å². The minimum Gasteiger partial charge on any atom is -0.354 e. The third-order valence-corrected chi connectivity index (χ3v) is 4.14. The number of hydrogen-bond acceptors (Lipinski definition) is 2. The van der Waals surface area contributed by atoms with Crippen molar-refractivity contribution in [3.63, 3.8) is 0 Å². The second kappa shape index (κ2) is 11.1. The molecule has 2 N–H and O–H groups in total. The van der Waals surface area contributed by atoms with E-state index in [1.165, 1.54) is 25.7 Å². The summed E-state index contributed by atoms with van der Waals surface area (Å²) in [5.74, 6) is 1.57. The number of likely N-dealkylation sites (N-methyl/N-ethyl adjacent to an activating group) is 1. The second-order valence-corrected chi connectivity index (χ2v) is 6.52. The van der Waals surface area contributed by atoms with Gasteiger partial charge < -0.3 is 15.5 Å². The quantitative estimate of drug-likeness (QED) is 0.405. The number of guanidine groups is 1. The minimum absolute atomic E-state index is 0. The summed E-state index contributed by atoms with van der Waals surface area (Å²) in [7, 11) is 3.52. The van der Waals surface area contributed by atoms with Crippen molar-refractivity contribution in [3.8, 4) is 0 Å². The molecule has 3 unspecified atom stereocenters. The zero-order valence-electron chi connectivity index (χ0n) is 14.7. The van der Waals surface area contributed by atoms with Gasteiger partial charge in [0.25, 0.3) is 0 Å². The Morgan fingerprint density at radius 3 is 2.59 bits per heavy atom. The van der Waals surface area contributed by atoms with E-state index in [0.29, 0.717) is 12.1 Å². The van der Waals surface area contributed by atoms with E-state index in [2.05, 4.69) is 36.4 Å². The normalized spacial score (nSPS) is 23.2. The highest BCUT2D eigenvalue weighted by molar-refractivity contribution is 14.0. The summed E-state index contributed by atoms with van der Waals surface area (Å²) in [5, 5.41) is 6.91. The Morgan fingerprint density at radius 2 is 2.05 bits per heavy atom. The first-order chi connectivity index (χ1) is 9.92. The maximum atomic E-state index is 11.7. The molecule has 0 aromatic rings. The molecule has 0 heterocycles. The highest BCUT2D eigenvalue weighted by atomic mass is 127. The summed E-state index contributed by atoms with van der Waals surface area (Å²) in [5.41, 5.74) is 0. The van der Waals surface area contributed by atoms with Crippen molar-refractivity contribution >= 4 is 35.8 Å². The number of carbonyl (C=O) groups excluding carboxylic acids is 1. The van der Waals surface area contributed by atoms with Gasteiger partial charge in [-0.15, -0.1) is 24.0 Å². The van der Waals surface area contributed by atoms with Gasteiger partial charge in [0.1, 0.15) is 6.54 Å². The van der Waals surface area contributed by atoms with Gasteiger partial charge in [-0.1, -0.05) is 26.7 Å². The van der Waals surface area contributed by atoms with E-state index in [4.69, 9.17) is 0 Å². The third kappa shape index (κ3) is 8.19. The molecule has 0 spiro atoms. The molecule has 1 aliphatic carbocycles. The van der Waals surface area contributed by atoms with Crippen molar-refractivity contribution in [2.75, 3.05) is 20.6 Å². The minimum atomic E-state index is 0. The van der Waals surface area contributed by atoms with Crippen LogP contribution in [-0.4, -0.2) is 49.5 Å². The van der Waals surface area contributed by atoms with Crippen LogP contribution in [-0.2, 0) is 4.79 Å². The molecule has 0 radical (unpaired) electrons. The SMILES string of the molecule is CCC(C)NC(=NCC(=O)N(C)C)NC1CCCC(C)C1.I. The predicted molar refractivity (Wildman–Crippen MR) is 104 cm³/mol. The van der Waals surface area contributed by atoms with Gasteiger partial charge in [-0.3, -0.25) is 4.79 Å². The van der Waals surface area contributed by atoms with Crippen LogP contribution in [0.3, 0.4) is 0 Å². The summed E-state index contributed by atoms with van der Waals surface area (Å²) in [6.45, 7) is 6.78. The average Bonchev–Trinajstić information content (AvgIpc) is 2.44. The number of aliphatic imine (C=N–C) groups is 1. The van der Waals surface area contributed by atoms with Crippen molar-refractivity contribution in [1.82, 2.24) is 15.5 Å². The fraction of sp³-hybridized carbons (Fsp3) is 0.875. The van der Waals surface area contributed by atoms with Gasteiger partial charge in [-0.05, 0) is 32.1 Å². The zero-order valence-corrected chi connectivity index (χ0v) is 17.0. The Bertz CT molecular complexity index is 360. The predicted octanol–water partition coefficient (Wildman–Crippen LogP) is 2.61. The first-order valence-corrected chi connectivity index (χ1v) is 8.20. The molecular weight excluding hydrogens is 391 g/mol. The highest BCUT2D eigenvalue weighted by Gasteiger charge is 2.20. The van der Waals surface area contributed by atoms with Crippen LogP contribution < -0.4 is 10.6 Å². The number of rotatable bonds is 5. The van der Waals surface area contributed by atoms with Crippen LogP contribution in [0.15, 0.2) is 4.99 Å². The Kier molecular flexibility index (Phi) is 10.8. The van der Waals surface area contributed by atoms with E-state index >= 15 is 0 Å². The Hall–Kier alpha value is -0.530. The molecule has 1 aliphatic rings. The molecule has 3 atom stereocenters. The van der Waals surface area contributed by atoms with E-state index in [1.807, 2.05) is 0 Å². The molecule has 1 amide bonds. The van der Waals surface area contributed by atoms with Crippen molar-refractivity contribution in [3.05, 3.63) is 0 Å². The molecule has 0 bridgehead atoms. The monoisotopic (exact) mass is 424 g/mol. The average molecular weight is 424 g/mol. The zero-order chi connectivity index (χ0) is 15.8.